The first kappa shape index (κ1) is 27.5. The van der Waals surface area contributed by atoms with Crippen LogP contribution in [-0.2, 0) is 25.7 Å². The highest BCUT2D eigenvalue weighted by Gasteiger charge is 2.55. The highest BCUT2D eigenvalue weighted by atomic mass is 19.4. The molecule has 0 aromatic carbocycles. The summed E-state index contributed by atoms with van der Waals surface area (Å²) in [7, 11) is 0. The first-order chi connectivity index (χ1) is 20.1. The van der Waals surface area contributed by atoms with Crippen molar-refractivity contribution < 1.29 is 22.1 Å². The highest BCUT2D eigenvalue weighted by Crippen LogP contribution is 2.60. The Hall–Kier alpha value is -2.01. The monoisotopic (exact) mass is 588 g/mol. The number of hydrogen-bond acceptors (Lipinski definition) is 8. The van der Waals surface area contributed by atoms with Gasteiger partial charge in [-0.05, 0) is 124 Å². The molecule has 0 radical (unpaired) electrons. The zero-order chi connectivity index (χ0) is 28.7. The van der Waals surface area contributed by atoms with E-state index in [0.29, 0.717) is 41.7 Å². The van der Waals surface area contributed by atoms with E-state index < -0.39 is 12.1 Å². The average Bonchev–Trinajstić information content (AvgIpc) is 3.57. The molecule has 0 spiro atoms. The third-order valence-corrected chi connectivity index (χ3v) is 12.2. The number of nitrogens with zero attached hydrogens (tertiary/aromatic N) is 4. The SMILES string of the molecule is CC(Cc1nc(CNC23CC4CC(CC(C4)C2)C3)no1)CC1C2CC3CC1CC(NCc1nnc(C(F)(F)F)o1)(C3)C2. The number of hydrogen-bond donors (Lipinski definition) is 2. The van der Waals surface area contributed by atoms with Gasteiger partial charge in [0.05, 0.1) is 13.1 Å². The van der Waals surface area contributed by atoms with Gasteiger partial charge in [-0.1, -0.05) is 12.1 Å². The molecule has 2 N–H and O–H groups in total. The molecule has 2 aromatic rings. The molecule has 8 fully saturated rings. The van der Waals surface area contributed by atoms with Gasteiger partial charge in [0.15, 0.2) is 5.82 Å². The Balaban J connectivity index is 0.842. The second kappa shape index (κ2) is 10.0. The van der Waals surface area contributed by atoms with E-state index in [1.165, 1.54) is 51.4 Å². The Morgan fingerprint density at radius 2 is 1.40 bits per heavy atom. The lowest BCUT2D eigenvalue weighted by Crippen LogP contribution is -2.61. The van der Waals surface area contributed by atoms with Crippen LogP contribution in [0.25, 0.3) is 0 Å². The van der Waals surface area contributed by atoms with Gasteiger partial charge in [-0.15, -0.1) is 10.2 Å². The first-order valence-corrected chi connectivity index (χ1v) is 16.3. The van der Waals surface area contributed by atoms with Crippen molar-refractivity contribution in [2.75, 3.05) is 0 Å². The van der Waals surface area contributed by atoms with Crippen molar-refractivity contribution in [2.45, 2.75) is 121 Å². The van der Waals surface area contributed by atoms with Crippen molar-refractivity contribution in [1.82, 2.24) is 31.0 Å². The fourth-order valence-corrected chi connectivity index (χ4v) is 11.3. The van der Waals surface area contributed by atoms with Crippen LogP contribution in [0.1, 0.15) is 107 Å². The molecule has 8 nitrogen and oxygen atoms in total. The molecule has 8 aliphatic rings. The Kier molecular flexibility index (Phi) is 6.56. The van der Waals surface area contributed by atoms with Gasteiger partial charge < -0.3 is 19.6 Å². The lowest BCUT2D eigenvalue weighted by atomic mass is 9.48. The molecule has 10 rings (SSSR count). The minimum Gasteiger partial charge on any atom is -0.416 e. The minimum atomic E-state index is -4.61. The summed E-state index contributed by atoms with van der Waals surface area (Å²) in [5.74, 6) is 6.13. The molecular weight excluding hydrogens is 545 g/mol. The number of nitrogens with one attached hydrogen (secondary N) is 2. The summed E-state index contributed by atoms with van der Waals surface area (Å²) in [6.45, 7) is 3.20. The summed E-state index contributed by atoms with van der Waals surface area (Å²) in [5.41, 5.74) is 0.264. The molecule has 0 saturated heterocycles. The van der Waals surface area contributed by atoms with Crippen molar-refractivity contribution in [3.63, 3.8) is 0 Å². The van der Waals surface area contributed by atoms with Gasteiger partial charge in [0, 0.05) is 17.5 Å². The lowest BCUT2D eigenvalue weighted by molar-refractivity contribution is -0.157. The van der Waals surface area contributed by atoms with Crippen LogP contribution in [0.3, 0.4) is 0 Å². The van der Waals surface area contributed by atoms with Crippen molar-refractivity contribution in [3.8, 4) is 0 Å². The van der Waals surface area contributed by atoms with Crippen LogP contribution in [0.5, 0.6) is 0 Å². The van der Waals surface area contributed by atoms with Crippen molar-refractivity contribution in [2.24, 2.45) is 47.3 Å². The molecule has 2 aromatic heterocycles. The molecule has 2 heterocycles. The van der Waals surface area contributed by atoms with E-state index in [1.807, 2.05) is 0 Å². The molecule has 8 bridgehead atoms. The standard InChI is InChI=1S/C31H43F3N6O2/c1-17(3-26-37-25(40-42-26)15-35-29-9-18-4-19(10-29)6-20(5-18)11-29)2-24-22-7-21-8-23(24)14-30(12-21,13-22)36-16-27-38-39-28(41-27)31(32,33)34/h17-24,35-36H,2-16H2,1H3. The van der Waals surface area contributed by atoms with Crippen molar-refractivity contribution in [3.05, 3.63) is 23.5 Å². The molecule has 42 heavy (non-hydrogen) atoms. The Labute approximate surface area is 244 Å². The van der Waals surface area contributed by atoms with Crippen LogP contribution in [0.2, 0.25) is 0 Å². The normalized spacial score (nSPS) is 40.7. The second-order valence-corrected chi connectivity index (χ2v) is 15.5. The number of alkyl halides is 3. The van der Waals surface area contributed by atoms with Gasteiger partial charge in [-0.25, -0.2) is 0 Å². The molecule has 3 unspecified atom stereocenters. The van der Waals surface area contributed by atoms with Gasteiger partial charge >= 0.3 is 12.1 Å². The molecule has 230 valence electrons. The number of rotatable bonds is 10. The maximum atomic E-state index is 12.9. The quantitative estimate of drug-likeness (QED) is 0.344. The fourth-order valence-electron chi connectivity index (χ4n) is 11.3. The average molecular weight is 589 g/mol. The predicted octanol–water partition coefficient (Wildman–Crippen LogP) is 6.08. The zero-order valence-corrected chi connectivity index (χ0v) is 24.5. The molecule has 0 aliphatic heterocycles. The van der Waals surface area contributed by atoms with E-state index >= 15 is 0 Å². The van der Waals surface area contributed by atoms with Crippen LogP contribution < -0.4 is 10.6 Å². The molecule has 11 heteroatoms. The highest BCUT2D eigenvalue weighted by molar-refractivity contribution is 5.10. The van der Waals surface area contributed by atoms with E-state index in [4.69, 9.17) is 13.9 Å². The van der Waals surface area contributed by atoms with Crippen molar-refractivity contribution >= 4 is 0 Å². The molecular formula is C31H43F3N6O2. The van der Waals surface area contributed by atoms with Crippen LogP contribution in [0.15, 0.2) is 8.94 Å². The maximum Gasteiger partial charge on any atom is 0.470 e. The molecule has 8 saturated carbocycles. The van der Waals surface area contributed by atoms with Crippen LogP contribution in [0, 0.1) is 47.3 Å². The van der Waals surface area contributed by atoms with Gasteiger partial charge in [0.25, 0.3) is 0 Å². The number of aromatic nitrogens is 4. The fraction of sp³-hybridized carbons (Fsp3) is 0.871. The summed E-state index contributed by atoms with van der Waals surface area (Å²) < 4.78 is 49.2. The smallest absolute Gasteiger partial charge is 0.416 e. The van der Waals surface area contributed by atoms with E-state index in [1.54, 1.807) is 0 Å². The van der Waals surface area contributed by atoms with E-state index in [-0.39, 0.29) is 18.0 Å². The summed E-state index contributed by atoms with van der Waals surface area (Å²) in [6, 6.07) is 0. The van der Waals surface area contributed by atoms with Gasteiger partial charge in [-0.3, -0.25) is 0 Å². The molecule has 3 atom stereocenters. The summed E-state index contributed by atoms with van der Waals surface area (Å²) in [5, 5.41) is 18.6. The van der Waals surface area contributed by atoms with Crippen molar-refractivity contribution in [1.29, 1.82) is 0 Å². The summed E-state index contributed by atoms with van der Waals surface area (Å²) in [6.07, 6.45) is 11.4. The molecule has 8 aliphatic carbocycles. The summed E-state index contributed by atoms with van der Waals surface area (Å²) in [4.78, 5) is 4.79. The van der Waals surface area contributed by atoms with Crippen LogP contribution in [0.4, 0.5) is 13.2 Å². The Morgan fingerprint density at radius 1 is 0.810 bits per heavy atom. The second-order valence-electron chi connectivity index (χ2n) is 15.5. The third kappa shape index (κ3) is 5.20. The van der Waals surface area contributed by atoms with Gasteiger partial charge in [-0.2, -0.15) is 18.2 Å². The largest absolute Gasteiger partial charge is 0.470 e. The van der Waals surface area contributed by atoms with Crippen LogP contribution in [-0.4, -0.2) is 31.4 Å². The van der Waals surface area contributed by atoms with E-state index in [2.05, 4.69) is 32.9 Å². The molecule has 0 amide bonds. The van der Waals surface area contributed by atoms with Gasteiger partial charge in [0.1, 0.15) is 0 Å². The summed E-state index contributed by atoms with van der Waals surface area (Å²) >= 11 is 0. The number of halogens is 3. The van der Waals surface area contributed by atoms with E-state index in [9.17, 15) is 13.2 Å². The topological polar surface area (TPSA) is 102 Å². The first-order valence-electron chi connectivity index (χ1n) is 16.3. The Bertz CT molecular complexity index is 1240. The maximum absolute atomic E-state index is 12.9. The predicted molar refractivity (Wildman–Crippen MR) is 145 cm³/mol. The van der Waals surface area contributed by atoms with Crippen LogP contribution >= 0.6 is 0 Å². The Morgan fingerprint density at radius 3 is 2.02 bits per heavy atom. The van der Waals surface area contributed by atoms with Gasteiger partial charge in [0.2, 0.25) is 11.8 Å². The lowest BCUT2D eigenvalue weighted by Gasteiger charge is -2.61. The third-order valence-electron chi connectivity index (χ3n) is 12.2. The van der Waals surface area contributed by atoms with E-state index in [0.717, 1.165) is 61.6 Å². The zero-order valence-electron chi connectivity index (χ0n) is 24.5. The minimum absolute atomic E-state index is 0.00954.